The van der Waals surface area contributed by atoms with Crippen LogP contribution in [0, 0.1) is 19.8 Å². The number of ether oxygens (including phenoxy) is 1. The lowest BCUT2D eigenvalue weighted by molar-refractivity contribution is 0.0836. The van der Waals surface area contributed by atoms with E-state index in [1.807, 2.05) is 29.8 Å². The Hall–Kier alpha value is -3.30. The van der Waals surface area contributed by atoms with E-state index in [0.717, 1.165) is 47.5 Å². The van der Waals surface area contributed by atoms with Crippen LogP contribution in [0.5, 0.6) is 0 Å². The van der Waals surface area contributed by atoms with E-state index < -0.39 is 0 Å². The molecule has 190 valence electrons. The van der Waals surface area contributed by atoms with Crippen molar-refractivity contribution in [1.29, 1.82) is 0 Å². The summed E-state index contributed by atoms with van der Waals surface area (Å²) in [6.07, 6.45) is 3.86. The normalized spacial score (nSPS) is 17.0. The average Bonchev–Trinajstić information content (AvgIpc) is 3.60. The monoisotopic (exact) mass is 490 g/mol. The van der Waals surface area contributed by atoms with Crippen molar-refractivity contribution in [2.45, 2.75) is 72.3 Å². The van der Waals surface area contributed by atoms with Crippen LogP contribution in [0.15, 0.2) is 45.8 Å². The molecule has 1 fully saturated rings. The van der Waals surface area contributed by atoms with Crippen molar-refractivity contribution in [3.8, 4) is 0 Å². The molecule has 0 bridgehead atoms. The number of fused-ring (bicyclic) bond motifs is 1. The minimum Gasteiger partial charge on any atom is -0.468 e. The smallest absolute Gasteiger partial charge is 0.252 e. The molecule has 1 saturated heterocycles. The molecule has 4 aromatic rings. The largest absolute Gasteiger partial charge is 0.468 e. The van der Waals surface area contributed by atoms with E-state index >= 15 is 0 Å². The van der Waals surface area contributed by atoms with Crippen molar-refractivity contribution in [2.75, 3.05) is 6.61 Å². The summed E-state index contributed by atoms with van der Waals surface area (Å²) in [6, 6.07) is 9.91. The number of nitrogens with zero attached hydrogens (tertiary/aromatic N) is 5. The number of H-pyrrole nitrogens is 1. The lowest BCUT2D eigenvalue weighted by atomic mass is 9.99. The highest BCUT2D eigenvalue weighted by Crippen LogP contribution is 2.31. The third-order valence-electron chi connectivity index (χ3n) is 6.93. The van der Waals surface area contributed by atoms with Crippen molar-refractivity contribution in [3.05, 3.63) is 75.2 Å². The van der Waals surface area contributed by atoms with Crippen LogP contribution in [0.1, 0.15) is 61.0 Å². The van der Waals surface area contributed by atoms with E-state index in [9.17, 15) is 4.79 Å². The molecule has 36 heavy (non-hydrogen) atoms. The number of nitrogens with one attached hydrogen (secondary N) is 1. The summed E-state index contributed by atoms with van der Waals surface area (Å²) < 4.78 is 13.4. The quantitative estimate of drug-likeness (QED) is 0.373. The van der Waals surface area contributed by atoms with Crippen molar-refractivity contribution in [1.82, 2.24) is 30.1 Å². The van der Waals surface area contributed by atoms with Gasteiger partial charge in [-0.05, 0) is 78.2 Å². The summed E-state index contributed by atoms with van der Waals surface area (Å²) in [5, 5.41) is 13.8. The van der Waals surface area contributed by atoms with Crippen molar-refractivity contribution < 1.29 is 9.15 Å². The fraction of sp³-hybridized carbons (Fsp3) is 0.481. The molecule has 0 amide bonds. The summed E-state index contributed by atoms with van der Waals surface area (Å²) in [6.45, 7) is 10.8. The first-order valence-corrected chi connectivity index (χ1v) is 12.7. The molecule has 9 heteroatoms. The van der Waals surface area contributed by atoms with Crippen molar-refractivity contribution in [2.24, 2.45) is 5.92 Å². The Bertz CT molecular complexity index is 1370. The van der Waals surface area contributed by atoms with Crippen LogP contribution in [0.3, 0.4) is 0 Å². The van der Waals surface area contributed by atoms with Gasteiger partial charge in [-0.25, -0.2) is 4.68 Å². The van der Waals surface area contributed by atoms with Gasteiger partial charge in [-0.3, -0.25) is 9.69 Å². The molecule has 4 heterocycles. The SMILES string of the molecule is Cc1cc(C)c2[nH]c(=O)c(CN(Cc3ccco3)C(c3nnnn3CC3CCCO3)C(C)C)cc2c1. The maximum absolute atomic E-state index is 13.2. The Kier molecular flexibility index (Phi) is 7.02. The lowest BCUT2D eigenvalue weighted by Crippen LogP contribution is -2.35. The zero-order valence-electron chi connectivity index (χ0n) is 21.4. The highest BCUT2D eigenvalue weighted by atomic mass is 16.5. The highest BCUT2D eigenvalue weighted by molar-refractivity contribution is 5.82. The number of aromatic nitrogens is 5. The third kappa shape index (κ3) is 5.12. The Balaban J connectivity index is 1.53. The van der Waals surface area contributed by atoms with E-state index in [0.29, 0.717) is 25.2 Å². The molecular weight excluding hydrogens is 456 g/mol. The number of aromatic amines is 1. The molecule has 3 aromatic heterocycles. The molecule has 2 atom stereocenters. The minimum absolute atomic E-state index is 0.0830. The summed E-state index contributed by atoms with van der Waals surface area (Å²) in [5.74, 6) is 1.77. The van der Waals surface area contributed by atoms with E-state index in [1.54, 1.807) is 6.26 Å². The van der Waals surface area contributed by atoms with Gasteiger partial charge in [0.1, 0.15) is 5.76 Å². The molecule has 5 rings (SSSR count). The zero-order valence-corrected chi connectivity index (χ0v) is 21.4. The van der Waals surface area contributed by atoms with Crippen LogP contribution in [-0.2, 0) is 24.4 Å². The molecule has 0 saturated carbocycles. The summed E-state index contributed by atoms with van der Waals surface area (Å²) in [4.78, 5) is 18.6. The first-order valence-electron chi connectivity index (χ1n) is 12.7. The lowest BCUT2D eigenvalue weighted by Gasteiger charge is -2.33. The van der Waals surface area contributed by atoms with Gasteiger partial charge in [0.2, 0.25) is 0 Å². The van der Waals surface area contributed by atoms with E-state index in [2.05, 4.69) is 58.3 Å². The van der Waals surface area contributed by atoms with Crippen molar-refractivity contribution >= 4 is 10.9 Å². The Labute approximate surface area is 210 Å². The summed E-state index contributed by atoms with van der Waals surface area (Å²) in [5.41, 5.74) is 3.73. The van der Waals surface area contributed by atoms with Crippen LogP contribution in [0.4, 0.5) is 0 Å². The standard InChI is InChI=1S/C27H34N6O3/c1-17(2)25(26-29-30-31-33(26)16-23-8-6-10-36-23)32(15-22-7-5-9-35-22)14-21-13-20-12-18(3)11-19(4)24(20)28-27(21)34/h5,7,9,11-13,17,23,25H,6,8,10,14-16H2,1-4H3,(H,28,34). The second-order valence-corrected chi connectivity index (χ2v) is 10.2. The van der Waals surface area contributed by atoms with Crippen LogP contribution in [0.2, 0.25) is 0 Å². The maximum Gasteiger partial charge on any atom is 0.252 e. The molecule has 1 aliphatic heterocycles. The predicted molar refractivity (Wildman–Crippen MR) is 136 cm³/mol. The number of hydrogen-bond acceptors (Lipinski definition) is 7. The molecule has 2 unspecified atom stereocenters. The van der Waals surface area contributed by atoms with E-state index in [-0.39, 0.29) is 23.6 Å². The van der Waals surface area contributed by atoms with Gasteiger partial charge in [0.05, 0.1) is 37.0 Å². The first kappa shape index (κ1) is 24.4. The summed E-state index contributed by atoms with van der Waals surface area (Å²) >= 11 is 0. The van der Waals surface area contributed by atoms with Gasteiger partial charge >= 0.3 is 0 Å². The fourth-order valence-electron chi connectivity index (χ4n) is 5.34. The Morgan fingerprint density at radius 2 is 2.08 bits per heavy atom. The van der Waals surface area contributed by atoms with Crippen molar-refractivity contribution in [3.63, 3.8) is 0 Å². The van der Waals surface area contributed by atoms with Gasteiger partial charge in [0.15, 0.2) is 5.82 Å². The number of furan rings is 1. The minimum atomic E-state index is -0.138. The van der Waals surface area contributed by atoms with Crippen LogP contribution in [0.25, 0.3) is 10.9 Å². The molecule has 0 spiro atoms. The molecule has 0 radical (unpaired) electrons. The van der Waals surface area contributed by atoms with Gasteiger partial charge in [-0.2, -0.15) is 0 Å². The molecule has 0 aliphatic carbocycles. The number of tetrazole rings is 1. The van der Waals surface area contributed by atoms with Gasteiger partial charge < -0.3 is 14.1 Å². The number of hydrogen-bond donors (Lipinski definition) is 1. The van der Waals surface area contributed by atoms with Gasteiger partial charge in [-0.1, -0.05) is 25.5 Å². The Morgan fingerprint density at radius 3 is 2.81 bits per heavy atom. The van der Waals surface area contributed by atoms with Crippen LogP contribution < -0.4 is 5.56 Å². The highest BCUT2D eigenvalue weighted by Gasteiger charge is 2.31. The number of rotatable bonds is 9. The topological polar surface area (TPSA) is 102 Å². The molecular formula is C27H34N6O3. The van der Waals surface area contributed by atoms with E-state index in [1.165, 1.54) is 5.56 Å². The molecule has 1 N–H and O–H groups in total. The van der Waals surface area contributed by atoms with Crippen LogP contribution >= 0.6 is 0 Å². The third-order valence-corrected chi connectivity index (χ3v) is 6.93. The molecule has 9 nitrogen and oxygen atoms in total. The predicted octanol–water partition coefficient (Wildman–Crippen LogP) is 4.30. The second kappa shape index (κ2) is 10.4. The van der Waals surface area contributed by atoms with Crippen LogP contribution in [-0.4, -0.2) is 42.8 Å². The Morgan fingerprint density at radius 1 is 1.22 bits per heavy atom. The fourth-order valence-corrected chi connectivity index (χ4v) is 5.34. The first-order chi connectivity index (χ1) is 17.4. The van der Waals surface area contributed by atoms with Gasteiger partial charge in [0.25, 0.3) is 5.56 Å². The van der Waals surface area contributed by atoms with Gasteiger partial charge in [0, 0.05) is 18.7 Å². The van der Waals surface area contributed by atoms with Gasteiger partial charge in [-0.15, -0.1) is 5.10 Å². The number of pyridine rings is 1. The van der Waals surface area contributed by atoms with E-state index in [4.69, 9.17) is 9.15 Å². The number of aryl methyl sites for hydroxylation is 2. The maximum atomic E-state index is 13.2. The average molecular weight is 491 g/mol. The molecule has 1 aromatic carbocycles. The number of benzene rings is 1. The molecule has 1 aliphatic rings. The summed E-state index contributed by atoms with van der Waals surface area (Å²) in [7, 11) is 0. The zero-order chi connectivity index (χ0) is 25.2. The second-order valence-electron chi connectivity index (χ2n) is 10.2.